The minimum absolute atomic E-state index is 0.0713. The molecular weight excluding hydrogens is 368 g/mol. The summed E-state index contributed by atoms with van der Waals surface area (Å²) in [7, 11) is 0. The van der Waals surface area contributed by atoms with Crippen molar-refractivity contribution in [3.05, 3.63) is 0 Å². The second-order valence-electron chi connectivity index (χ2n) is 9.64. The number of carbonyl (C=O) groups is 2. The van der Waals surface area contributed by atoms with Gasteiger partial charge in [-0.1, -0.05) is 79.1 Å². The summed E-state index contributed by atoms with van der Waals surface area (Å²) in [6.45, 7) is 8.50. The summed E-state index contributed by atoms with van der Waals surface area (Å²) in [5.41, 5.74) is -2.46. The predicted molar refractivity (Wildman–Crippen MR) is 114 cm³/mol. The lowest BCUT2D eigenvalue weighted by atomic mass is 9.50. The van der Waals surface area contributed by atoms with E-state index in [9.17, 15) is 19.8 Å². The maximum Gasteiger partial charge on any atom is 0.310 e. The van der Waals surface area contributed by atoms with E-state index in [1.54, 1.807) is 0 Å². The molecule has 1 aliphatic heterocycles. The number of aliphatic carboxylic acids is 2. The van der Waals surface area contributed by atoms with E-state index in [-0.39, 0.29) is 24.0 Å². The van der Waals surface area contributed by atoms with Crippen molar-refractivity contribution < 1.29 is 24.5 Å². The van der Waals surface area contributed by atoms with Gasteiger partial charge in [0.15, 0.2) is 0 Å². The molecule has 0 spiro atoms. The Kier molecular flexibility index (Phi) is 8.57. The molecule has 0 radical (unpaired) electrons. The topological polar surface area (TPSA) is 87.1 Å². The molecule has 168 valence electrons. The Bertz CT molecular complexity index is 513. The van der Waals surface area contributed by atoms with Crippen LogP contribution in [0, 0.1) is 22.7 Å². The van der Waals surface area contributed by atoms with Crippen LogP contribution in [0.5, 0.6) is 0 Å². The minimum Gasteiger partial charge on any atom is -0.481 e. The molecule has 1 heterocycles. The van der Waals surface area contributed by atoms with Crippen molar-refractivity contribution in [2.45, 2.75) is 117 Å². The molecule has 0 bridgehead atoms. The van der Waals surface area contributed by atoms with Gasteiger partial charge in [0, 0.05) is 0 Å². The second kappa shape index (κ2) is 10.3. The van der Waals surface area contributed by atoms with Crippen molar-refractivity contribution in [3.8, 4) is 0 Å². The van der Waals surface area contributed by atoms with Crippen molar-refractivity contribution in [2.75, 3.05) is 0 Å². The van der Waals surface area contributed by atoms with E-state index in [1.165, 1.54) is 0 Å². The molecule has 1 aliphatic carbocycles. The third kappa shape index (κ3) is 4.98. The Morgan fingerprint density at radius 1 is 0.828 bits per heavy atom. The number of ether oxygens (including phenoxy) is 1. The van der Waals surface area contributed by atoms with Crippen LogP contribution in [0.3, 0.4) is 0 Å². The van der Waals surface area contributed by atoms with E-state index in [4.69, 9.17) is 4.74 Å². The number of rotatable bonds is 14. The fourth-order valence-electron chi connectivity index (χ4n) is 5.80. The van der Waals surface area contributed by atoms with E-state index < -0.39 is 22.8 Å². The summed E-state index contributed by atoms with van der Waals surface area (Å²) in [5, 5.41) is 21.0. The molecule has 0 aromatic carbocycles. The van der Waals surface area contributed by atoms with Crippen LogP contribution in [0.15, 0.2) is 0 Å². The normalized spacial score (nSPS) is 33.0. The molecule has 0 amide bonds. The number of hydrogen-bond donors (Lipinski definition) is 2. The highest BCUT2D eigenvalue weighted by Gasteiger charge is 2.70. The Labute approximate surface area is 176 Å². The average Bonchev–Trinajstić information content (AvgIpc) is 3.44. The molecule has 2 fully saturated rings. The summed E-state index contributed by atoms with van der Waals surface area (Å²) in [6, 6.07) is 0. The summed E-state index contributed by atoms with van der Waals surface area (Å²) in [6.07, 6.45) is 9.49. The molecule has 5 nitrogen and oxygen atoms in total. The van der Waals surface area contributed by atoms with Gasteiger partial charge in [-0.2, -0.15) is 0 Å². The molecule has 1 saturated carbocycles. The van der Waals surface area contributed by atoms with E-state index in [2.05, 4.69) is 27.7 Å². The van der Waals surface area contributed by atoms with Gasteiger partial charge in [-0.05, 0) is 37.5 Å². The molecule has 2 N–H and O–H groups in total. The van der Waals surface area contributed by atoms with Crippen LogP contribution in [0.2, 0.25) is 0 Å². The molecule has 0 aromatic rings. The number of hydrogen-bond acceptors (Lipinski definition) is 3. The van der Waals surface area contributed by atoms with Crippen molar-refractivity contribution >= 4 is 11.9 Å². The highest BCUT2D eigenvalue weighted by atomic mass is 16.6. The monoisotopic (exact) mass is 410 g/mol. The van der Waals surface area contributed by atoms with Gasteiger partial charge in [0.1, 0.15) is 0 Å². The first-order valence-corrected chi connectivity index (χ1v) is 11.9. The Hall–Kier alpha value is -1.10. The van der Waals surface area contributed by atoms with Gasteiger partial charge in [0.2, 0.25) is 0 Å². The SMILES string of the molecule is CCCCC(CC)CC1(C(=O)O)CC2OC2CC1(CC(CC)CCCC)C(=O)O. The third-order valence-electron chi connectivity index (χ3n) is 7.88. The second-order valence-corrected chi connectivity index (χ2v) is 9.64. The van der Waals surface area contributed by atoms with Crippen LogP contribution in [0.25, 0.3) is 0 Å². The predicted octanol–water partition coefficient (Wildman–Crippen LogP) is 5.90. The number of epoxide rings is 1. The van der Waals surface area contributed by atoms with Gasteiger partial charge in [-0.25, -0.2) is 0 Å². The largest absolute Gasteiger partial charge is 0.481 e. The van der Waals surface area contributed by atoms with Crippen LogP contribution in [-0.4, -0.2) is 34.4 Å². The quantitative estimate of drug-likeness (QED) is 0.348. The number of carboxylic acid groups (broad SMARTS) is 2. The minimum atomic E-state index is -1.23. The van der Waals surface area contributed by atoms with Gasteiger partial charge < -0.3 is 14.9 Å². The number of carboxylic acids is 2. The first-order chi connectivity index (χ1) is 13.8. The van der Waals surface area contributed by atoms with Crippen LogP contribution in [-0.2, 0) is 14.3 Å². The van der Waals surface area contributed by atoms with E-state index in [0.29, 0.717) is 25.7 Å². The molecule has 5 heteroatoms. The zero-order valence-corrected chi connectivity index (χ0v) is 18.9. The van der Waals surface area contributed by atoms with Gasteiger partial charge in [0.05, 0.1) is 23.0 Å². The molecule has 6 unspecified atom stereocenters. The first-order valence-electron chi connectivity index (χ1n) is 11.9. The summed E-state index contributed by atoms with van der Waals surface area (Å²) in [5.74, 6) is -1.35. The van der Waals surface area contributed by atoms with Crippen molar-refractivity contribution in [2.24, 2.45) is 22.7 Å². The Morgan fingerprint density at radius 2 is 1.21 bits per heavy atom. The van der Waals surface area contributed by atoms with Crippen LogP contribution >= 0.6 is 0 Å². The van der Waals surface area contributed by atoms with Crippen molar-refractivity contribution in [3.63, 3.8) is 0 Å². The van der Waals surface area contributed by atoms with Gasteiger partial charge in [0.25, 0.3) is 0 Å². The summed E-state index contributed by atoms with van der Waals surface area (Å²) >= 11 is 0. The van der Waals surface area contributed by atoms with E-state index >= 15 is 0 Å². The standard InChI is InChI=1S/C24H42O5/c1-5-9-11-17(7-3)13-23(21(25)26)15-19-20(29-19)16-24(23,22(27)28)14-18(8-4)12-10-6-2/h17-20H,5-16H2,1-4H3,(H,25,26)(H,27,28). The fraction of sp³-hybridized carbons (Fsp3) is 0.917. The maximum absolute atomic E-state index is 12.9. The molecule has 2 aliphatic rings. The molecule has 1 saturated heterocycles. The van der Waals surface area contributed by atoms with Crippen LogP contribution in [0.1, 0.15) is 105 Å². The number of unbranched alkanes of at least 4 members (excludes halogenated alkanes) is 2. The molecule has 0 aromatic heterocycles. The molecule has 2 rings (SSSR count). The Morgan fingerprint density at radius 3 is 1.48 bits per heavy atom. The third-order valence-corrected chi connectivity index (χ3v) is 7.88. The van der Waals surface area contributed by atoms with Crippen molar-refractivity contribution in [1.82, 2.24) is 0 Å². The maximum atomic E-state index is 12.9. The number of fused-ring (bicyclic) bond motifs is 1. The summed E-state index contributed by atoms with van der Waals surface area (Å²) < 4.78 is 5.75. The molecule has 6 atom stereocenters. The van der Waals surface area contributed by atoms with Gasteiger partial charge in [-0.3, -0.25) is 9.59 Å². The zero-order chi connectivity index (χ0) is 21.7. The van der Waals surface area contributed by atoms with Gasteiger partial charge >= 0.3 is 11.9 Å². The highest BCUT2D eigenvalue weighted by Crippen LogP contribution is 2.63. The van der Waals surface area contributed by atoms with Crippen LogP contribution in [0.4, 0.5) is 0 Å². The zero-order valence-electron chi connectivity index (χ0n) is 18.9. The Balaban J connectivity index is 2.44. The molecule has 29 heavy (non-hydrogen) atoms. The fourth-order valence-corrected chi connectivity index (χ4v) is 5.80. The average molecular weight is 411 g/mol. The van der Waals surface area contributed by atoms with Crippen LogP contribution < -0.4 is 0 Å². The van der Waals surface area contributed by atoms with Gasteiger partial charge in [-0.15, -0.1) is 0 Å². The lowest BCUT2D eigenvalue weighted by Crippen LogP contribution is -2.57. The van der Waals surface area contributed by atoms with E-state index in [0.717, 1.165) is 51.4 Å². The smallest absolute Gasteiger partial charge is 0.310 e. The lowest BCUT2D eigenvalue weighted by molar-refractivity contribution is -0.183. The first kappa shape index (κ1) is 24.2. The van der Waals surface area contributed by atoms with E-state index in [1.807, 2.05) is 0 Å². The lowest BCUT2D eigenvalue weighted by Gasteiger charge is -2.49. The molecular formula is C24H42O5. The van der Waals surface area contributed by atoms with Crippen molar-refractivity contribution in [1.29, 1.82) is 0 Å². The summed E-state index contributed by atoms with van der Waals surface area (Å²) in [4.78, 5) is 25.7. The highest BCUT2D eigenvalue weighted by molar-refractivity contribution is 5.87.